The maximum absolute atomic E-state index is 12.8. The van der Waals surface area contributed by atoms with Crippen LogP contribution in [0.15, 0.2) is 66.9 Å². The second-order valence-corrected chi connectivity index (χ2v) is 12.4. The molecule has 7 heteroatoms. The van der Waals surface area contributed by atoms with Crippen molar-refractivity contribution in [1.29, 1.82) is 0 Å². The summed E-state index contributed by atoms with van der Waals surface area (Å²) in [7, 11) is 0. The molecule has 1 aliphatic heterocycles. The maximum atomic E-state index is 12.8. The van der Waals surface area contributed by atoms with Gasteiger partial charge >= 0.3 is 6.09 Å². The second kappa shape index (κ2) is 10.7. The van der Waals surface area contributed by atoms with E-state index in [1.165, 1.54) is 6.20 Å². The number of aromatic nitrogens is 2. The maximum Gasteiger partial charge on any atom is 0.410 e. The number of hydrogen-bond acceptors (Lipinski definition) is 6. The smallest absolute Gasteiger partial charge is 0.410 e. The van der Waals surface area contributed by atoms with Gasteiger partial charge in [-0.1, -0.05) is 81.3 Å². The number of carbonyl (C=O) groups excluding carboxylic acids is 1. The van der Waals surface area contributed by atoms with Crippen LogP contribution in [0.3, 0.4) is 0 Å². The van der Waals surface area contributed by atoms with E-state index in [2.05, 4.69) is 35.9 Å². The molecule has 0 spiro atoms. The predicted molar refractivity (Wildman–Crippen MR) is 154 cm³/mol. The fourth-order valence-corrected chi connectivity index (χ4v) is 5.10. The molecular weight excluding hydrogens is 502 g/mol. The standard InChI is InChI=1S/C33H39N3O4/c1-23(2)24-13-15-26(16-14-24)33(39,31(6)21-36(22-31)29(37)40-30(3,4)5)27-19-28(35-34-20-27)17-18-32(7,38)25-11-9-8-10-12-25/h8-16,19-20,23,38-39H,21-22H2,1-7H3/t32?,33-/m0/s1. The van der Waals surface area contributed by atoms with E-state index in [1.54, 1.807) is 17.9 Å². The molecule has 1 saturated heterocycles. The Hall–Kier alpha value is -3.73. The lowest BCUT2D eigenvalue weighted by molar-refractivity contribution is -0.131. The average molecular weight is 542 g/mol. The zero-order valence-electron chi connectivity index (χ0n) is 24.4. The zero-order chi connectivity index (χ0) is 29.3. The van der Waals surface area contributed by atoms with Crippen LogP contribution in [0.2, 0.25) is 0 Å². The van der Waals surface area contributed by atoms with Crippen LogP contribution in [0.5, 0.6) is 0 Å². The number of amides is 1. The van der Waals surface area contributed by atoms with Crippen LogP contribution in [0, 0.1) is 17.3 Å². The summed E-state index contributed by atoms with van der Waals surface area (Å²) in [6, 6.07) is 18.8. The van der Waals surface area contributed by atoms with Gasteiger partial charge in [0.05, 0.1) is 6.20 Å². The number of aliphatic hydroxyl groups is 2. The van der Waals surface area contributed by atoms with Crippen LogP contribution in [0.25, 0.3) is 0 Å². The first kappa shape index (κ1) is 29.3. The quantitative estimate of drug-likeness (QED) is 0.423. The Labute approximate surface area is 237 Å². The third-order valence-electron chi connectivity index (χ3n) is 7.44. The number of benzene rings is 2. The molecule has 1 amide bonds. The Bertz CT molecular complexity index is 1410. The highest BCUT2D eigenvalue weighted by molar-refractivity contribution is 5.70. The van der Waals surface area contributed by atoms with Crippen LogP contribution >= 0.6 is 0 Å². The van der Waals surface area contributed by atoms with Crippen molar-refractivity contribution in [3.8, 4) is 11.8 Å². The van der Waals surface area contributed by atoms with Gasteiger partial charge in [0.1, 0.15) is 22.5 Å². The van der Waals surface area contributed by atoms with Gasteiger partial charge < -0.3 is 19.8 Å². The number of likely N-dealkylation sites (tertiary alicyclic amines) is 1. The zero-order valence-corrected chi connectivity index (χ0v) is 24.4. The lowest BCUT2D eigenvalue weighted by atomic mass is 9.62. The van der Waals surface area contributed by atoms with Gasteiger partial charge in [-0.2, -0.15) is 5.10 Å². The third kappa shape index (κ3) is 5.89. The molecule has 0 radical (unpaired) electrons. The molecule has 40 heavy (non-hydrogen) atoms. The molecule has 0 aliphatic carbocycles. The SMILES string of the molecule is CC(C)c1ccc([C@](O)(c2cnnc(C#CC(C)(O)c3ccccc3)c2)C2(C)CN(C(=O)OC(C)(C)C)C2)cc1. The monoisotopic (exact) mass is 541 g/mol. The van der Waals surface area contributed by atoms with Gasteiger partial charge in [-0.3, -0.25) is 0 Å². The van der Waals surface area contributed by atoms with Crippen molar-refractivity contribution in [1.82, 2.24) is 15.1 Å². The van der Waals surface area contributed by atoms with Crippen LogP contribution in [0.4, 0.5) is 4.79 Å². The fraction of sp³-hybridized carbons (Fsp3) is 0.424. The van der Waals surface area contributed by atoms with E-state index < -0.39 is 28.3 Å². The normalized spacial score (nSPS) is 17.6. The highest BCUT2D eigenvalue weighted by atomic mass is 16.6. The molecule has 210 valence electrons. The number of hydrogen-bond donors (Lipinski definition) is 2. The molecule has 4 rings (SSSR count). The van der Waals surface area contributed by atoms with Gasteiger partial charge in [0, 0.05) is 24.1 Å². The molecule has 1 aromatic heterocycles. The Morgan fingerprint density at radius 1 is 0.975 bits per heavy atom. The average Bonchev–Trinajstić information content (AvgIpc) is 2.89. The minimum absolute atomic E-state index is 0.288. The molecular formula is C33H39N3O4. The van der Waals surface area contributed by atoms with Gasteiger partial charge in [-0.15, -0.1) is 5.10 Å². The van der Waals surface area contributed by atoms with Crippen molar-refractivity contribution in [2.45, 2.75) is 71.2 Å². The van der Waals surface area contributed by atoms with Gasteiger partial charge in [-0.05, 0) is 62.3 Å². The summed E-state index contributed by atoms with van der Waals surface area (Å²) in [6.07, 6.45) is 1.13. The molecule has 1 fully saturated rings. The molecule has 1 unspecified atom stereocenters. The first-order valence-corrected chi connectivity index (χ1v) is 13.6. The first-order valence-electron chi connectivity index (χ1n) is 13.6. The Balaban J connectivity index is 1.72. The number of nitrogens with zero attached hydrogens (tertiary/aromatic N) is 3. The van der Waals surface area contributed by atoms with Crippen molar-refractivity contribution < 1.29 is 19.7 Å². The predicted octanol–water partition coefficient (Wildman–Crippen LogP) is 5.35. The van der Waals surface area contributed by atoms with E-state index in [4.69, 9.17) is 4.74 Å². The lowest BCUT2D eigenvalue weighted by Crippen LogP contribution is -2.66. The minimum Gasteiger partial charge on any atom is -0.444 e. The summed E-state index contributed by atoms with van der Waals surface area (Å²) in [5.74, 6) is 6.17. The lowest BCUT2D eigenvalue weighted by Gasteiger charge is -2.56. The van der Waals surface area contributed by atoms with Crippen LogP contribution < -0.4 is 0 Å². The van der Waals surface area contributed by atoms with Gasteiger partial charge in [0.15, 0.2) is 0 Å². The van der Waals surface area contributed by atoms with Gasteiger partial charge in [-0.25, -0.2) is 4.79 Å². The van der Waals surface area contributed by atoms with Crippen molar-refractivity contribution in [3.05, 3.63) is 94.8 Å². The van der Waals surface area contributed by atoms with E-state index in [0.717, 1.165) is 5.56 Å². The largest absolute Gasteiger partial charge is 0.444 e. The molecule has 3 aromatic rings. The van der Waals surface area contributed by atoms with E-state index in [1.807, 2.05) is 82.3 Å². The van der Waals surface area contributed by atoms with Crippen LogP contribution in [-0.2, 0) is 15.9 Å². The highest BCUT2D eigenvalue weighted by Crippen LogP contribution is 2.50. The van der Waals surface area contributed by atoms with E-state index in [9.17, 15) is 15.0 Å². The van der Waals surface area contributed by atoms with E-state index in [0.29, 0.717) is 28.3 Å². The van der Waals surface area contributed by atoms with Crippen LogP contribution in [-0.4, -0.2) is 50.1 Å². The number of ether oxygens (including phenoxy) is 1. The van der Waals surface area contributed by atoms with E-state index in [-0.39, 0.29) is 13.1 Å². The Kier molecular flexibility index (Phi) is 7.81. The molecule has 0 saturated carbocycles. The summed E-state index contributed by atoms with van der Waals surface area (Å²) < 4.78 is 5.56. The molecule has 2 aromatic carbocycles. The summed E-state index contributed by atoms with van der Waals surface area (Å²) >= 11 is 0. The van der Waals surface area contributed by atoms with Crippen molar-refractivity contribution in [2.75, 3.05) is 13.1 Å². The summed E-state index contributed by atoms with van der Waals surface area (Å²) in [5, 5.41) is 31.9. The molecule has 2 N–H and O–H groups in total. The Morgan fingerprint density at radius 3 is 2.17 bits per heavy atom. The van der Waals surface area contributed by atoms with Crippen molar-refractivity contribution in [2.24, 2.45) is 5.41 Å². The molecule has 2 atom stereocenters. The Morgan fingerprint density at radius 2 is 1.60 bits per heavy atom. The van der Waals surface area contributed by atoms with Crippen molar-refractivity contribution in [3.63, 3.8) is 0 Å². The second-order valence-electron chi connectivity index (χ2n) is 12.4. The van der Waals surface area contributed by atoms with Gasteiger partial charge in [0.25, 0.3) is 0 Å². The summed E-state index contributed by atoms with van der Waals surface area (Å²) in [5.41, 5.74) is -0.924. The van der Waals surface area contributed by atoms with Crippen LogP contribution in [0.1, 0.15) is 82.3 Å². The first-order chi connectivity index (χ1) is 18.6. The number of rotatable bonds is 5. The fourth-order valence-electron chi connectivity index (χ4n) is 5.10. The minimum atomic E-state index is -1.50. The molecule has 7 nitrogen and oxygen atoms in total. The summed E-state index contributed by atoms with van der Waals surface area (Å²) in [4.78, 5) is 14.4. The summed E-state index contributed by atoms with van der Waals surface area (Å²) in [6.45, 7) is 13.9. The highest BCUT2D eigenvalue weighted by Gasteiger charge is 2.58. The topological polar surface area (TPSA) is 95.8 Å². The van der Waals surface area contributed by atoms with E-state index >= 15 is 0 Å². The third-order valence-corrected chi connectivity index (χ3v) is 7.44. The molecule has 2 heterocycles. The molecule has 0 bridgehead atoms. The molecule has 1 aliphatic rings. The number of carbonyl (C=O) groups is 1. The van der Waals surface area contributed by atoms with Crippen molar-refractivity contribution >= 4 is 6.09 Å². The van der Waals surface area contributed by atoms with Gasteiger partial charge in [0.2, 0.25) is 0 Å².